The number of nitrogens with one attached hydrogen (secondary N) is 1. The van der Waals surface area contributed by atoms with Crippen molar-refractivity contribution in [3.63, 3.8) is 0 Å². The Bertz CT molecular complexity index is 429. The molecule has 0 saturated heterocycles. The standard InChI is InChI=1S/C8H7FN4O/c1-14-7-3-2-5(9)4-6(7)8-10-12-13-11-8/h2-4H,1H3,(H,10,11,12,13). The van der Waals surface area contributed by atoms with Gasteiger partial charge in [-0.15, -0.1) is 10.2 Å². The van der Waals surface area contributed by atoms with Crippen LogP contribution in [-0.2, 0) is 0 Å². The van der Waals surface area contributed by atoms with Crippen molar-refractivity contribution in [1.82, 2.24) is 20.6 Å². The molecule has 0 saturated carbocycles. The van der Waals surface area contributed by atoms with Gasteiger partial charge in [0.15, 0.2) is 0 Å². The van der Waals surface area contributed by atoms with Crippen molar-refractivity contribution in [1.29, 1.82) is 0 Å². The highest BCUT2D eigenvalue weighted by Gasteiger charge is 2.10. The zero-order valence-corrected chi connectivity index (χ0v) is 7.36. The molecule has 1 heterocycles. The van der Waals surface area contributed by atoms with Crippen LogP contribution in [0, 0.1) is 5.82 Å². The van der Waals surface area contributed by atoms with Crippen molar-refractivity contribution >= 4 is 0 Å². The second-order valence-corrected chi connectivity index (χ2v) is 2.58. The fourth-order valence-corrected chi connectivity index (χ4v) is 1.13. The Morgan fingerprint density at radius 2 is 2.29 bits per heavy atom. The lowest BCUT2D eigenvalue weighted by atomic mass is 10.2. The van der Waals surface area contributed by atoms with E-state index in [-0.39, 0.29) is 5.82 Å². The van der Waals surface area contributed by atoms with Crippen LogP contribution in [0.3, 0.4) is 0 Å². The molecule has 6 heteroatoms. The van der Waals surface area contributed by atoms with E-state index in [1.165, 1.54) is 25.3 Å². The van der Waals surface area contributed by atoms with Crippen molar-refractivity contribution in [3.8, 4) is 17.1 Å². The SMILES string of the molecule is COc1ccc(F)cc1-c1nn[nH]n1. The van der Waals surface area contributed by atoms with E-state index in [2.05, 4.69) is 20.6 Å². The maximum absolute atomic E-state index is 12.9. The predicted molar refractivity (Wildman–Crippen MR) is 46.1 cm³/mol. The zero-order valence-electron chi connectivity index (χ0n) is 7.36. The molecule has 72 valence electrons. The number of H-pyrrole nitrogens is 1. The molecule has 0 radical (unpaired) electrons. The largest absolute Gasteiger partial charge is 0.496 e. The molecule has 2 aromatic rings. The van der Waals surface area contributed by atoms with E-state index in [4.69, 9.17) is 4.74 Å². The molecule has 0 aliphatic rings. The molecule has 0 unspecified atom stereocenters. The van der Waals surface area contributed by atoms with Gasteiger partial charge in [-0.3, -0.25) is 0 Å². The fourth-order valence-electron chi connectivity index (χ4n) is 1.13. The van der Waals surface area contributed by atoms with E-state index in [1.54, 1.807) is 0 Å². The molecule has 0 atom stereocenters. The highest BCUT2D eigenvalue weighted by molar-refractivity contribution is 5.63. The topological polar surface area (TPSA) is 63.7 Å². The smallest absolute Gasteiger partial charge is 0.208 e. The Morgan fingerprint density at radius 3 is 2.93 bits per heavy atom. The van der Waals surface area contributed by atoms with E-state index in [0.717, 1.165) is 0 Å². The second kappa shape index (κ2) is 3.41. The van der Waals surface area contributed by atoms with Crippen LogP contribution in [0.1, 0.15) is 0 Å². The Hall–Kier alpha value is -1.98. The van der Waals surface area contributed by atoms with Crippen LogP contribution in [-0.4, -0.2) is 27.7 Å². The number of nitrogens with zero attached hydrogens (tertiary/aromatic N) is 3. The summed E-state index contributed by atoms with van der Waals surface area (Å²) in [6.45, 7) is 0. The number of ether oxygens (including phenoxy) is 1. The Morgan fingerprint density at radius 1 is 1.43 bits per heavy atom. The van der Waals surface area contributed by atoms with Crippen molar-refractivity contribution in [2.24, 2.45) is 0 Å². The molecule has 1 N–H and O–H groups in total. The minimum atomic E-state index is -0.370. The van der Waals surface area contributed by atoms with Crippen molar-refractivity contribution < 1.29 is 9.13 Å². The Balaban J connectivity index is 2.55. The zero-order chi connectivity index (χ0) is 9.97. The van der Waals surface area contributed by atoms with E-state index < -0.39 is 0 Å². The summed E-state index contributed by atoms with van der Waals surface area (Å²) in [7, 11) is 1.50. The third-order valence-electron chi connectivity index (χ3n) is 1.75. The molecular formula is C8H7FN4O. The van der Waals surface area contributed by atoms with Gasteiger partial charge in [-0.2, -0.15) is 5.21 Å². The lowest BCUT2D eigenvalue weighted by Gasteiger charge is -2.03. The molecule has 0 fully saturated rings. The van der Waals surface area contributed by atoms with Crippen LogP contribution in [0.5, 0.6) is 5.75 Å². The summed E-state index contributed by atoms with van der Waals surface area (Å²) in [6.07, 6.45) is 0. The summed E-state index contributed by atoms with van der Waals surface area (Å²) in [5, 5.41) is 13.2. The molecular weight excluding hydrogens is 187 g/mol. The van der Waals surface area contributed by atoms with E-state index in [1.807, 2.05) is 0 Å². The number of halogens is 1. The normalized spacial score (nSPS) is 10.1. The number of hydrogen-bond donors (Lipinski definition) is 1. The average molecular weight is 194 g/mol. The van der Waals surface area contributed by atoms with Gasteiger partial charge in [0.2, 0.25) is 5.82 Å². The summed E-state index contributed by atoms with van der Waals surface area (Å²) >= 11 is 0. The minimum absolute atomic E-state index is 0.307. The van der Waals surface area contributed by atoms with Gasteiger partial charge < -0.3 is 4.74 Å². The van der Waals surface area contributed by atoms with Gasteiger partial charge in [-0.05, 0) is 23.4 Å². The molecule has 0 aliphatic carbocycles. The summed E-state index contributed by atoms with van der Waals surface area (Å²) < 4.78 is 18.0. The first kappa shape index (κ1) is 8.61. The van der Waals surface area contributed by atoms with E-state index in [9.17, 15) is 4.39 Å². The van der Waals surface area contributed by atoms with E-state index in [0.29, 0.717) is 17.1 Å². The Kier molecular flexibility index (Phi) is 2.10. The molecule has 0 bridgehead atoms. The van der Waals surface area contributed by atoms with Gasteiger partial charge >= 0.3 is 0 Å². The average Bonchev–Trinajstić information content (AvgIpc) is 2.70. The molecule has 1 aromatic heterocycles. The monoisotopic (exact) mass is 194 g/mol. The lowest BCUT2D eigenvalue weighted by molar-refractivity contribution is 0.415. The summed E-state index contributed by atoms with van der Waals surface area (Å²) in [5.41, 5.74) is 0.473. The predicted octanol–water partition coefficient (Wildman–Crippen LogP) is 1.01. The highest BCUT2D eigenvalue weighted by Crippen LogP contribution is 2.26. The Labute approximate surface area is 78.9 Å². The van der Waals surface area contributed by atoms with Crippen LogP contribution >= 0.6 is 0 Å². The molecule has 5 nitrogen and oxygen atoms in total. The van der Waals surface area contributed by atoms with Crippen molar-refractivity contribution in [2.75, 3.05) is 7.11 Å². The van der Waals surface area contributed by atoms with Gasteiger partial charge in [0.05, 0.1) is 12.7 Å². The summed E-state index contributed by atoms with van der Waals surface area (Å²) in [6, 6.07) is 4.12. The van der Waals surface area contributed by atoms with E-state index >= 15 is 0 Å². The van der Waals surface area contributed by atoms with Crippen LogP contribution in [0.4, 0.5) is 4.39 Å². The van der Waals surface area contributed by atoms with Gasteiger partial charge in [0.1, 0.15) is 11.6 Å². The van der Waals surface area contributed by atoms with Gasteiger partial charge in [-0.25, -0.2) is 4.39 Å². The fraction of sp³-hybridized carbons (Fsp3) is 0.125. The highest BCUT2D eigenvalue weighted by atomic mass is 19.1. The van der Waals surface area contributed by atoms with Gasteiger partial charge in [-0.1, -0.05) is 0 Å². The third-order valence-corrected chi connectivity index (χ3v) is 1.75. The molecule has 2 rings (SSSR count). The number of rotatable bonds is 2. The molecule has 0 spiro atoms. The van der Waals surface area contributed by atoms with Crippen LogP contribution < -0.4 is 4.74 Å². The lowest BCUT2D eigenvalue weighted by Crippen LogP contribution is -1.90. The van der Waals surface area contributed by atoms with Crippen LogP contribution in [0.25, 0.3) is 11.4 Å². The molecule has 1 aromatic carbocycles. The molecule has 14 heavy (non-hydrogen) atoms. The number of hydrogen-bond acceptors (Lipinski definition) is 4. The first-order chi connectivity index (χ1) is 6.81. The number of tetrazole rings is 1. The number of benzene rings is 1. The molecule has 0 aliphatic heterocycles. The first-order valence-corrected chi connectivity index (χ1v) is 3.88. The molecule has 0 amide bonds. The maximum atomic E-state index is 12.9. The second-order valence-electron chi connectivity index (χ2n) is 2.58. The van der Waals surface area contributed by atoms with Gasteiger partial charge in [0.25, 0.3) is 0 Å². The van der Waals surface area contributed by atoms with Crippen molar-refractivity contribution in [2.45, 2.75) is 0 Å². The number of methoxy groups -OCH3 is 1. The number of aromatic nitrogens is 4. The minimum Gasteiger partial charge on any atom is -0.496 e. The van der Waals surface area contributed by atoms with Gasteiger partial charge in [0, 0.05) is 0 Å². The van der Waals surface area contributed by atoms with Crippen LogP contribution in [0.2, 0.25) is 0 Å². The van der Waals surface area contributed by atoms with Crippen LogP contribution in [0.15, 0.2) is 18.2 Å². The maximum Gasteiger partial charge on any atom is 0.208 e. The third kappa shape index (κ3) is 1.41. The van der Waals surface area contributed by atoms with Crippen molar-refractivity contribution in [3.05, 3.63) is 24.0 Å². The quantitative estimate of drug-likeness (QED) is 0.775. The summed E-state index contributed by atoms with van der Waals surface area (Å²) in [4.78, 5) is 0. The summed E-state index contributed by atoms with van der Waals surface area (Å²) in [5.74, 6) is 0.444. The first-order valence-electron chi connectivity index (χ1n) is 3.88. The number of aromatic amines is 1.